The van der Waals surface area contributed by atoms with Crippen LogP contribution in [-0.4, -0.2) is 21.1 Å². The molecule has 1 heterocycles. The summed E-state index contributed by atoms with van der Waals surface area (Å²) < 4.78 is 0. The molecule has 0 spiro atoms. The molecule has 2 aromatic carbocycles. The lowest BCUT2D eigenvalue weighted by Gasteiger charge is -2.18. The molecule has 0 aliphatic rings. The third kappa shape index (κ3) is 5.24. The van der Waals surface area contributed by atoms with Crippen LogP contribution in [0.4, 0.5) is 5.69 Å². The number of nitrogens with zero attached hydrogens (tertiary/aromatic N) is 2. The number of aromatic nitrogens is 2. The molecule has 0 aliphatic carbocycles. The number of hydrogen-bond donors (Lipinski definition) is 1. The maximum Gasteiger partial charge on any atom is 0.237 e. The fourth-order valence-corrected chi connectivity index (χ4v) is 3.96. The molecule has 0 saturated carbocycles. The van der Waals surface area contributed by atoms with Gasteiger partial charge in [-0.3, -0.25) is 4.79 Å². The summed E-state index contributed by atoms with van der Waals surface area (Å²) in [5.41, 5.74) is 5.92. The molecule has 3 rings (SSSR count). The summed E-state index contributed by atoms with van der Waals surface area (Å²) in [6, 6.07) is 18.1. The SMILES string of the molecule is Cc1cc(-c2ccccc2)nc(S[C@@H](C)C(=O)Nc2c(C)cccc2C(C)C)n1. The summed E-state index contributed by atoms with van der Waals surface area (Å²) in [7, 11) is 0. The van der Waals surface area contributed by atoms with Gasteiger partial charge in [-0.1, -0.05) is 74.1 Å². The van der Waals surface area contributed by atoms with Gasteiger partial charge in [0.25, 0.3) is 0 Å². The van der Waals surface area contributed by atoms with E-state index in [1.165, 1.54) is 11.8 Å². The molecule has 0 saturated heterocycles. The number of para-hydroxylation sites is 1. The average molecular weight is 406 g/mol. The molecule has 5 heteroatoms. The van der Waals surface area contributed by atoms with Gasteiger partial charge < -0.3 is 5.32 Å². The summed E-state index contributed by atoms with van der Waals surface area (Å²) in [6.45, 7) is 10.1. The molecule has 1 amide bonds. The van der Waals surface area contributed by atoms with E-state index in [0.29, 0.717) is 11.1 Å². The van der Waals surface area contributed by atoms with Crippen LogP contribution >= 0.6 is 11.8 Å². The molecule has 29 heavy (non-hydrogen) atoms. The minimum atomic E-state index is -0.319. The van der Waals surface area contributed by atoms with Crippen molar-refractivity contribution in [3.8, 4) is 11.3 Å². The normalized spacial score (nSPS) is 12.1. The van der Waals surface area contributed by atoms with E-state index in [0.717, 1.165) is 33.8 Å². The van der Waals surface area contributed by atoms with E-state index in [4.69, 9.17) is 0 Å². The molecule has 1 atom stereocenters. The number of amides is 1. The van der Waals surface area contributed by atoms with E-state index >= 15 is 0 Å². The number of anilines is 1. The summed E-state index contributed by atoms with van der Waals surface area (Å²) in [5, 5.41) is 3.42. The van der Waals surface area contributed by atoms with Crippen LogP contribution in [-0.2, 0) is 4.79 Å². The standard InChI is InChI=1S/C24H27N3OS/c1-15(2)20-13-9-10-16(3)22(20)27-23(28)18(5)29-24-25-17(4)14-21(26-24)19-11-7-6-8-12-19/h6-15,18H,1-5H3,(H,27,28)/t18-/m0/s1. The van der Waals surface area contributed by atoms with Crippen LogP contribution in [0.1, 0.15) is 43.5 Å². The summed E-state index contributed by atoms with van der Waals surface area (Å²) in [5.74, 6) is 0.291. The zero-order chi connectivity index (χ0) is 21.0. The molecule has 0 bridgehead atoms. The van der Waals surface area contributed by atoms with Crippen molar-refractivity contribution in [2.75, 3.05) is 5.32 Å². The van der Waals surface area contributed by atoms with Crippen LogP contribution in [0.5, 0.6) is 0 Å². The molecular formula is C24H27N3OS. The molecule has 1 aromatic heterocycles. The Balaban J connectivity index is 1.78. The van der Waals surface area contributed by atoms with Crippen LogP contribution in [0, 0.1) is 13.8 Å². The van der Waals surface area contributed by atoms with Crippen molar-refractivity contribution in [3.63, 3.8) is 0 Å². The highest BCUT2D eigenvalue weighted by Gasteiger charge is 2.19. The Morgan fingerprint density at radius 3 is 2.38 bits per heavy atom. The zero-order valence-corrected chi connectivity index (χ0v) is 18.4. The van der Waals surface area contributed by atoms with Gasteiger partial charge in [-0.15, -0.1) is 0 Å². The van der Waals surface area contributed by atoms with Crippen molar-refractivity contribution in [1.29, 1.82) is 0 Å². The quantitative estimate of drug-likeness (QED) is 0.403. The van der Waals surface area contributed by atoms with Crippen molar-refractivity contribution in [2.45, 2.75) is 50.9 Å². The van der Waals surface area contributed by atoms with Gasteiger partial charge >= 0.3 is 0 Å². The van der Waals surface area contributed by atoms with Crippen LogP contribution in [0.2, 0.25) is 0 Å². The second kappa shape index (κ2) is 9.23. The van der Waals surface area contributed by atoms with Gasteiger partial charge in [0, 0.05) is 16.9 Å². The third-order valence-electron chi connectivity index (χ3n) is 4.73. The van der Waals surface area contributed by atoms with Gasteiger partial charge in [0.05, 0.1) is 10.9 Å². The molecule has 4 nitrogen and oxygen atoms in total. The first kappa shape index (κ1) is 21.1. The van der Waals surface area contributed by atoms with E-state index in [2.05, 4.69) is 35.2 Å². The van der Waals surface area contributed by atoms with E-state index in [9.17, 15) is 4.79 Å². The molecule has 0 aliphatic heterocycles. The van der Waals surface area contributed by atoms with Crippen LogP contribution in [0.3, 0.4) is 0 Å². The molecule has 0 radical (unpaired) electrons. The second-order valence-electron chi connectivity index (χ2n) is 7.49. The molecule has 1 N–H and O–H groups in total. The molecule has 150 valence electrons. The zero-order valence-electron chi connectivity index (χ0n) is 17.6. The number of nitrogens with one attached hydrogen (secondary N) is 1. The van der Waals surface area contributed by atoms with Crippen LogP contribution in [0.25, 0.3) is 11.3 Å². The Labute approximate surface area is 177 Å². The summed E-state index contributed by atoms with van der Waals surface area (Å²) in [4.78, 5) is 22.1. The minimum Gasteiger partial charge on any atom is -0.325 e. The lowest BCUT2D eigenvalue weighted by atomic mass is 9.98. The van der Waals surface area contributed by atoms with Crippen molar-refractivity contribution in [2.24, 2.45) is 0 Å². The van der Waals surface area contributed by atoms with Crippen molar-refractivity contribution in [1.82, 2.24) is 9.97 Å². The first-order chi connectivity index (χ1) is 13.8. The summed E-state index contributed by atoms with van der Waals surface area (Å²) >= 11 is 1.38. The minimum absolute atomic E-state index is 0.0439. The average Bonchev–Trinajstić information content (AvgIpc) is 2.69. The fourth-order valence-electron chi connectivity index (χ4n) is 3.13. The Bertz CT molecular complexity index is 1000. The monoisotopic (exact) mass is 405 g/mol. The number of thioether (sulfide) groups is 1. The van der Waals surface area contributed by atoms with Gasteiger partial charge in [-0.05, 0) is 43.9 Å². The smallest absolute Gasteiger partial charge is 0.237 e. The van der Waals surface area contributed by atoms with Crippen molar-refractivity contribution < 1.29 is 4.79 Å². The van der Waals surface area contributed by atoms with Gasteiger partial charge in [0.1, 0.15) is 0 Å². The van der Waals surface area contributed by atoms with Crippen molar-refractivity contribution >= 4 is 23.4 Å². The second-order valence-corrected chi connectivity index (χ2v) is 8.79. The largest absolute Gasteiger partial charge is 0.325 e. The number of hydrogen-bond acceptors (Lipinski definition) is 4. The number of benzene rings is 2. The van der Waals surface area contributed by atoms with Gasteiger partial charge in [-0.2, -0.15) is 0 Å². The Kier molecular flexibility index (Phi) is 6.70. The first-order valence-corrected chi connectivity index (χ1v) is 10.7. The lowest BCUT2D eigenvalue weighted by molar-refractivity contribution is -0.115. The van der Waals surface area contributed by atoms with Gasteiger partial charge in [-0.25, -0.2) is 9.97 Å². The highest BCUT2D eigenvalue weighted by Crippen LogP contribution is 2.29. The Morgan fingerprint density at radius 2 is 1.69 bits per heavy atom. The lowest BCUT2D eigenvalue weighted by Crippen LogP contribution is -2.24. The molecule has 3 aromatic rings. The number of rotatable bonds is 6. The Morgan fingerprint density at radius 1 is 0.966 bits per heavy atom. The third-order valence-corrected chi connectivity index (χ3v) is 5.69. The first-order valence-electron chi connectivity index (χ1n) is 9.83. The highest BCUT2D eigenvalue weighted by molar-refractivity contribution is 8.00. The molecule has 0 unspecified atom stereocenters. The maximum absolute atomic E-state index is 12.9. The number of aryl methyl sites for hydroxylation is 2. The topological polar surface area (TPSA) is 54.9 Å². The Hall–Kier alpha value is -2.66. The predicted molar refractivity (Wildman–Crippen MR) is 121 cm³/mol. The predicted octanol–water partition coefficient (Wildman–Crippen LogP) is 6.00. The van der Waals surface area contributed by atoms with Crippen LogP contribution in [0.15, 0.2) is 59.8 Å². The number of carbonyl (C=O) groups is 1. The van der Waals surface area contributed by atoms with Gasteiger partial charge in [0.15, 0.2) is 5.16 Å². The van der Waals surface area contributed by atoms with E-state index in [-0.39, 0.29) is 11.2 Å². The van der Waals surface area contributed by atoms with Crippen LogP contribution < -0.4 is 5.32 Å². The van der Waals surface area contributed by atoms with E-state index in [1.807, 2.05) is 69.3 Å². The molecule has 0 fully saturated rings. The number of carbonyl (C=O) groups excluding carboxylic acids is 1. The summed E-state index contributed by atoms with van der Waals surface area (Å²) in [6.07, 6.45) is 0. The highest BCUT2D eigenvalue weighted by atomic mass is 32.2. The van der Waals surface area contributed by atoms with E-state index in [1.54, 1.807) is 0 Å². The van der Waals surface area contributed by atoms with E-state index < -0.39 is 0 Å². The van der Waals surface area contributed by atoms with Crippen molar-refractivity contribution in [3.05, 3.63) is 71.4 Å². The fraction of sp³-hybridized carbons (Fsp3) is 0.292. The van der Waals surface area contributed by atoms with Gasteiger partial charge in [0.2, 0.25) is 5.91 Å². The maximum atomic E-state index is 12.9. The molecular weight excluding hydrogens is 378 g/mol.